The van der Waals surface area contributed by atoms with E-state index in [-0.39, 0.29) is 51.2 Å². The molecule has 370 valence electrons. The van der Waals surface area contributed by atoms with Gasteiger partial charge in [-0.25, -0.2) is 9.59 Å². The summed E-state index contributed by atoms with van der Waals surface area (Å²) in [4.78, 5) is 122. The maximum Gasteiger partial charge on any atom is 0.326 e. The van der Waals surface area contributed by atoms with Gasteiger partial charge in [-0.2, -0.15) is 0 Å². The molecular weight excluding hydrogens is 899 g/mol. The van der Waals surface area contributed by atoms with Crippen LogP contribution in [0.3, 0.4) is 0 Å². The summed E-state index contributed by atoms with van der Waals surface area (Å²) in [5.41, 5.74) is 13.7. The van der Waals surface area contributed by atoms with Crippen molar-refractivity contribution < 1.29 is 58.5 Å². The summed E-state index contributed by atoms with van der Waals surface area (Å²) in [7, 11) is 0. The number of para-hydroxylation sites is 1. The molecule has 0 saturated carbocycles. The number of guanidine groups is 1. The third-order valence-corrected chi connectivity index (χ3v) is 10.1. The molecule has 0 aliphatic rings. The van der Waals surface area contributed by atoms with Crippen molar-refractivity contribution in [2.75, 3.05) is 23.7 Å². The highest BCUT2D eigenvalue weighted by Crippen LogP contribution is 2.16. The third kappa shape index (κ3) is 22.1. The maximum absolute atomic E-state index is 14.0. The minimum atomic E-state index is -1.65. The van der Waals surface area contributed by atoms with E-state index in [1.165, 1.54) is 6.08 Å². The van der Waals surface area contributed by atoms with Gasteiger partial charge in [-0.1, -0.05) is 36.4 Å². The van der Waals surface area contributed by atoms with Crippen LogP contribution in [-0.4, -0.2) is 117 Å². The fourth-order valence-electron chi connectivity index (χ4n) is 6.44. The largest absolute Gasteiger partial charge is 0.481 e. The normalized spacial score (nSPS) is 12.5. The molecule has 1 heterocycles. The van der Waals surface area contributed by atoms with Gasteiger partial charge in [0, 0.05) is 55.8 Å². The Labute approximate surface area is 397 Å². The number of aryl methyl sites for hydroxylation is 1. The first-order valence-electron chi connectivity index (χ1n) is 21.9. The van der Waals surface area contributed by atoms with Crippen LogP contribution < -0.4 is 48.7 Å². The lowest BCUT2D eigenvalue weighted by Crippen LogP contribution is -2.58. The van der Waals surface area contributed by atoms with Gasteiger partial charge in [-0.3, -0.25) is 43.5 Å². The van der Waals surface area contributed by atoms with Crippen molar-refractivity contribution in [3.05, 3.63) is 95.8 Å². The van der Waals surface area contributed by atoms with Crippen LogP contribution in [0.25, 0.3) is 6.08 Å². The number of hydrogen-bond donors (Lipinski definition) is 12. The van der Waals surface area contributed by atoms with Crippen LogP contribution in [0.5, 0.6) is 0 Å². The van der Waals surface area contributed by atoms with E-state index in [2.05, 4.69) is 47.2 Å². The Kier molecular flexibility index (Phi) is 23.3. The van der Waals surface area contributed by atoms with E-state index in [1.807, 2.05) is 19.1 Å². The van der Waals surface area contributed by atoms with E-state index in [0.29, 0.717) is 28.9 Å². The topological polar surface area (TPSA) is 376 Å². The highest BCUT2D eigenvalue weighted by molar-refractivity contribution is 6.00. The number of aliphatic imine (C=N–C) groups is 1. The van der Waals surface area contributed by atoms with Gasteiger partial charge in [0.1, 0.15) is 24.2 Å². The van der Waals surface area contributed by atoms with E-state index in [1.54, 1.807) is 67.0 Å². The molecule has 3 rings (SSSR count). The van der Waals surface area contributed by atoms with Gasteiger partial charge in [-0.15, -0.1) is 0 Å². The number of nitrogens with two attached hydrogens (primary N) is 2. The Morgan fingerprint density at radius 2 is 1.28 bits per heavy atom. The van der Waals surface area contributed by atoms with Crippen LogP contribution in [0.4, 0.5) is 16.2 Å². The Hall–Kier alpha value is -8.37. The molecule has 0 bridgehead atoms. The zero-order valence-corrected chi connectivity index (χ0v) is 37.9. The summed E-state index contributed by atoms with van der Waals surface area (Å²) in [5.74, 6) is -8.45. The van der Waals surface area contributed by atoms with Crippen molar-refractivity contribution in [3.63, 3.8) is 0 Å². The number of anilines is 2. The second kappa shape index (κ2) is 29.3. The standard InChI is InChI=1S/C46H59N11O12/c1-28-8-2-3-10-32(28)57-46(69)52-31-16-13-29(14-17-31)26-38(59)53-33(11-4-5-24-50-37(58)20-15-30-9-6-23-49-27-30)41(64)54-34(18-21-39(60)61)42(65)55-35(19-22-40(62)63)43(66)56-36(44(67)68)12-7-25-51-45(47)48/h2-3,6,8-10,13-17,20,23,27,33-36H,4-5,7,11-12,18-19,21-22,24-26H2,1H3,(H,50,58)(H,53,59)(H,54,64)(H,55,65)(H,56,66)(H,60,61)(H,62,63)(H,67,68)(H4,47,48,51)(H2,52,57,69)/b20-15+/t33-,34-,35-,36-/m0/s1. The highest BCUT2D eigenvalue weighted by atomic mass is 16.4. The minimum Gasteiger partial charge on any atom is -0.481 e. The number of rotatable bonds is 29. The van der Waals surface area contributed by atoms with Crippen LogP contribution in [0.2, 0.25) is 0 Å². The van der Waals surface area contributed by atoms with Gasteiger partial charge in [0.2, 0.25) is 29.5 Å². The fraction of sp³-hybridized carbons (Fsp3) is 0.370. The van der Waals surface area contributed by atoms with E-state index in [4.69, 9.17) is 11.5 Å². The molecule has 2 aromatic carbocycles. The first-order chi connectivity index (χ1) is 32.9. The predicted octanol–water partition coefficient (Wildman–Crippen LogP) is 1.38. The number of amides is 7. The SMILES string of the molecule is Cc1ccccc1NC(=O)Nc1ccc(CC(=O)N[C@@H](CCCCNC(=O)/C=C/c2cccnc2)C(=O)N[C@@H](CCC(=O)O)C(=O)N[C@@H](CCC(=O)O)C(=O)N[C@@H](CCCN=C(N)N)C(=O)O)cc1. The molecule has 7 amide bonds. The molecule has 0 spiro atoms. The van der Waals surface area contributed by atoms with Gasteiger partial charge < -0.3 is 64.0 Å². The Morgan fingerprint density at radius 1 is 0.681 bits per heavy atom. The van der Waals surface area contributed by atoms with Gasteiger partial charge in [0.05, 0.1) is 6.42 Å². The Bertz CT molecular complexity index is 2310. The molecule has 0 unspecified atom stereocenters. The number of pyridine rings is 1. The van der Waals surface area contributed by atoms with Crippen molar-refractivity contribution >= 4 is 76.9 Å². The lowest BCUT2D eigenvalue weighted by Gasteiger charge is -2.26. The van der Waals surface area contributed by atoms with E-state index < -0.39 is 103 Å². The third-order valence-electron chi connectivity index (χ3n) is 10.1. The molecule has 4 atom stereocenters. The molecular formula is C46H59N11O12. The van der Waals surface area contributed by atoms with E-state index >= 15 is 0 Å². The number of hydrogen-bond acceptors (Lipinski definition) is 11. The number of urea groups is 1. The average molecular weight is 958 g/mol. The molecule has 69 heavy (non-hydrogen) atoms. The van der Waals surface area contributed by atoms with Crippen LogP contribution in [0.1, 0.15) is 74.5 Å². The van der Waals surface area contributed by atoms with E-state index in [0.717, 1.165) is 5.56 Å². The summed E-state index contributed by atoms with van der Waals surface area (Å²) in [6.45, 7) is 2.07. The number of aliphatic carboxylic acids is 3. The highest BCUT2D eigenvalue weighted by Gasteiger charge is 2.32. The first-order valence-corrected chi connectivity index (χ1v) is 21.9. The second-order valence-corrected chi connectivity index (χ2v) is 15.6. The lowest BCUT2D eigenvalue weighted by molar-refractivity contribution is -0.143. The number of aromatic nitrogens is 1. The molecule has 0 fully saturated rings. The van der Waals surface area contributed by atoms with E-state index in [9.17, 15) is 58.5 Å². The van der Waals surface area contributed by atoms with Gasteiger partial charge in [0.25, 0.3) is 0 Å². The number of nitrogens with zero attached hydrogens (tertiary/aromatic N) is 2. The van der Waals surface area contributed by atoms with Crippen LogP contribution >= 0.6 is 0 Å². The van der Waals surface area contributed by atoms with Crippen molar-refractivity contribution in [3.8, 4) is 0 Å². The Balaban J connectivity index is 1.76. The van der Waals surface area contributed by atoms with Crippen LogP contribution in [-0.2, 0) is 44.8 Å². The molecule has 0 aliphatic carbocycles. The summed E-state index contributed by atoms with van der Waals surface area (Å²) in [6, 6.07) is 10.5. The number of carboxylic acid groups (broad SMARTS) is 3. The molecule has 23 heteroatoms. The number of benzene rings is 2. The van der Waals surface area contributed by atoms with Crippen molar-refractivity contribution in [2.24, 2.45) is 16.5 Å². The minimum absolute atomic E-state index is 0.0193. The number of unbranched alkanes of at least 4 members (excludes halogenated alkanes) is 1. The maximum atomic E-state index is 14.0. The zero-order chi connectivity index (χ0) is 50.7. The monoisotopic (exact) mass is 957 g/mol. The quantitative estimate of drug-likeness (QED) is 0.0202. The number of nitrogens with one attached hydrogen (secondary N) is 7. The van der Waals surface area contributed by atoms with Gasteiger partial charge in [-0.05, 0) is 98.9 Å². The van der Waals surface area contributed by atoms with Gasteiger partial charge >= 0.3 is 23.9 Å². The van der Waals surface area contributed by atoms with Crippen LogP contribution in [0.15, 0.2) is 84.1 Å². The summed E-state index contributed by atoms with van der Waals surface area (Å²) in [5, 5.41) is 46.5. The molecule has 1 aromatic heterocycles. The number of carboxylic acids is 3. The molecule has 0 aliphatic heterocycles. The average Bonchev–Trinajstić information content (AvgIpc) is 3.30. The van der Waals surface area contributed by atoms with Gasteiger partial charge in [0.15, 0.2) is 5.96 Å². The summed E-state index contributed by atoms with van der Waals surface area (Å²) >= 11 is 0. The second-order valence-electron chi connectivity index (χ2n) is 15.6. The summed E-state index contributed by atoms with van der Waals surface area (Å²) in [6.07, 6.45) is 4.09. The Morgan fingerprint density at radius 3 is 1.84 bits per heavy atom. The van der Waals surface area contributed by atoms with Crippen molar-refractivity contribution in [1.29, 1.82) is 0 Å². The number of carbonyl (C=O) groups excluding carboxylic acids is 6. The predicted molar refractivity (Wildman–Crippen MR) is 253 cm³/mol. The van der Waals surface area contributed by atoms with Crippen molar-refractivity contribution in [2.45, 2.75) is 95.3 Å². The molecule has 14 N–H and O–H groups in total. The molecule has 3 aromatic rings. The van der Waals surface area contributed by atoms with Crippen molar-refractivity contribution in [1.82, 2.24) is 31.6 Å². The first kappa shape index (κ1) is 55.0. The zero-order valence-electron chi connectivity index (χ0n) is 37.9. The molecule has 0 radical (unpaired) electrons. The smallest absolute Gasteiger partial charge is 0.326 e. The molecule has 23 nitrogen and oxygen atoms in total. The number of carbonyl (C=O) groups is 9. The fourth-order valence-corrected chi connectivity index (χ4v) is 6.44. The van der Waals surface area contributed by atoms with Crippen LogP contribution in [0, 0.1) is 6.92 Å². The molecule has 0 saturated heterocycles. The lowest BCUT2D eigenvalue weighted by atomic mass is 10.0. The summed E-state index contributed by atoms with van der Waals surface area (Å²) < 4.78 is 0.